The number of nitriles is 1. The monoisotopic (exact) mass is 962 g/mol. The molecule has 0 unspecified atom stereocenters. The number of amidine groups is 1. The van der Waals surface area contributed by atoms with Crippen molar-refractivity contribution in [2.24, 2.45) is 17.6 Å². The minimum Gasteiger partial charge on any atom is -0.479 e. The molecule has 1 aromatic carbocycles. The number of nitrogen functional groups attached to an aromatic ring is 1. The molecule has 5 heterocycles. The number of nitrogens with one attached hydrogen (secondary N) is 3. The van der Waals surface area contributed by atoms with Crippen LogP contribution in [0.4, 0.5) is 10.9 Å². The zero-order chi connectivity index (χ0) is 48.7. The number of hydrogen-bond acceptors (Lipinski definition) is 16. The number of rotatable bonds is 16. The Morgan fingerprint density at radius 1 is 1.10 bits per heavy atom. The molecule has 4 aromatic rings. The average Bonchev–Trinajstić information content (AvgIpc) is 4.04. The Morgan fingerprint density at radius 3 is 2.60 bits per heavy atom. The molecule has 7 rings (SSSR count). The second-order valence-corrected chi connectivity index (χ2v) is 20.4. The van der Waals surface area contributed by atoms with Gasteiger partial charge in [-0.05, 0) is 95.4 Å². The van der Waals surface area contributed by atoms with Gasteiger partial charge in [0.1, 0.15) is 28.7 Å². The molecule has 3 amide bonds. The van der Waals surface area contributed by atoms with Gasteiger partial charge in [-0.15, -0.1) is 22.7 Å². The number of amides is 3. The highest BCUT2D eigenvalue weighted by Gasteiger charge is 2.44. The minimum absolute atomic E-state index is 0.0245. The van der Waals surface area contributed by atoms with Gasteiger partial charge in [0, 0.05) is 61.5 Å². The summed E-state index contributed by atoms with van der Waals surface area (Å²) in [5, 5.41) is 24.8. The van der Waals surface area contributed by atoms with E-state index in [1.165, 1.54) is 17.4 Å². The normalized spacial score (nSPS) is 20.3. The molecule has 0 spiro atoms. The molecule has 0 saturated carbocycles. The van der Waals surface area contributed by atoms with Gasteiger partial charge in [0.25, 0.3) is 0 Å². The van der Waals surface area contributed by atoms with Gasteiger partial charge in [0.2, 0.25) is 23.7 Å². The van der Waals surface area contributed by atoms with Crippen LogP contribution in [-0.4, -0.2) is 106 Å². The maximum absolute atomic E-state index is 13.9. The molecule has 0 radical (unpaired) electrons. The van der Waals surface area contributed by atoms with Gasteiger partial charge in [0.05, 0.1) is 33.7 Å². The van der Waals surface area contributed by atoms with Gasteiger partial charge in [0.15, 0.2) is 17.5 Å². The van der Waals surface area contributed by atoms with Crippen molar-refractivity contribution in [1.29, 1.82) is 10.7 Å². The summed E-state index contributed by atoms with van der Waals surface area (Å²) in [7, 11) is 0. The molecular formula is C49H62N12O5S2. The Hall–Kier alpha value is -6.23. The zero-order valence-corrected chi connectivity index (χ0v) is 41.1. The first-order valence-corrected chi connectivity index (χ1v) is 25.0. The van der Waals surface area contributed by atoms with Crippen LogP contribution in [0.1, 0.15) is 99.2 Å². The van der Waals surface area contributed by atoms with Crippen LogP contribution in [0, 0.1) is 35.5 Å². The molecule has 1 aliphatic carbocycles. The molecule has 2 fully saturated rings. The lowest BCUT2D eigenvalue weighted by Crippen LogP contribution is -2.49. The van der Waals surface area contributed by atoms with E-state index in [-0.39, 0.29) is 53.7 Å². The molecule has 19 heteroatoms. The number of nitrogens with two attached hydrogens (primary N) is 2. The number of nitrogens with zero attached hydrogens (tertiary/aromatic N) is 7. The molecule has 7 N–H and O–H groups in total. The molecule has 360 valence electrons. The molecule has 68 heavy (non-hydrogen) atoms. The fourth-order valence-corrected chi connectivity index (χ4v) is 11.6. The summed E-state index contributed by atoms with van der Waals surface area (Å²) in [6.45, 7) is 13.4. The molecule has 2 saturated heterocycles. The second-order valence-electron chi connectivity index (χ2n) is 18.4. The number of ketones is 1. The Bertz CT molecular complexity index is 2580. The van der Waals surface area contributed by atoms with E-state index in [4.69, 9.17) is 26.6 Å². The summed E-state index contributed by atoms with van der Waals surface area (Å²) in [5.74, 6) is -2.53. The third-order valence-corrected chi connectivity index (χ3v) is 15.3. The van der Waals surface area contributed by atoms with Crippen LogP contribution in [0.25, 0.3) is 10.4 Å². The first kappa shape index (κ1) is 49.7. The Morgan fingerprint density at radius 2 is 1.88 bits per heavy atom. The number of anilines is 2. The zero-order valence-electron chi connectivity index (χ0n) is 39.5. The summed E-state index contributed by atoms with van der Waals surface area (Å²) in [6.07, 6.45) is 7.52. The van der Waals surface area contributed by atoms with Crippen LogP contribution in [0.15, 0.2) is 54.0 Å². The highest BCUT2D eigenvalue weighted by Crippen LogP contribution is 2.45. The smallest absolute Gasteiger partial charge is 0.243 e. The third-order valence-electron chi connectivity index (χ3n) is 13.3. The number of ether oxygens (including phenoxy) is 1. The van der Waals surface area contributed by atoms with E-state index in [2.05, 4.69) is 43.4 Å². The molecule has 4 atom stereocenters. The lowest BCUT2D eigenvalue weighted by Gasteiger charge is -2.33. The van der Waals surface area contributed by atoms with Crippen LogP contribution in [0.3, 0.4) is 0 Å². The number of thiophene rings is 1. The van der Waals surface area contributed by atoms with Crippen molar-refractivity contribution < 1.29 is 23.9 Å². The van der Waals surface area contributed by atoms with Gasteiger partial charge in [-0.1, -0.05) is 38.1 Å². The number of thiazole rings is 1. The number of aromatic nitrogens is 3. The van der Waals surface area contributed by atoms with E-state index in [0.29, 0.717) is 80.5 Å². The van der Waals surface area contributed by atoms with E-state index in [1.807, 2.05) is 57.5 Å². The van der Waals surface area contributed by atoms with Crippen LogP contribution < -0.4 is 27.0 Å². The van der Waals surface area contributed by atoms with Crippen molar-refractivity contribution in [1.82, 2.24) is 35.4 Å². The maximum Gasteiger partial charge on any atom is 0.243 e. The number of aryl methyl sites for hydroxylation is 2. The third kappa shape index (κ3) is 11.0. The summed E-state index contributed by atoms with van der Waals surface area (Å²) in [5.41, 5.74) is 17.5. The SMILES string of the molecule is Cc1ncsc1-c1ccc(CNC(=O)[C@@H]2CCCN2C(=O)[C@H](C(=O)C=C(N)OCCCN2CCCN(c3nccc(C(=N)NC(=O)[C@@]4(C)CCCc5sc(N)c(C#N)c54)n3)[C@@H](C)C2)C(C)C)cc1. The van der Waals surface area contributed by atoms with E-state index in [0.717, 1.165) is 52.4 Å². The number of benzene rings is 1. The highest BCUT2D eigenvalue weighted by atomic mass is 32.1. The average molecular weight is 963 g/mol. The quantitative estimate of drug-likeness (QED) is 0.0236. The second kappa shape index (κ2) is 21.8. The summed E-state index contributed by atoms with van der Waals surface area (Å²) < 4.78 is 5.79. The first-order chi connectivity index (χ1) is 32.6. The van der Waals surface area contributed by atoms with Crippen molar-refractivity contribution in [3.8, 4) is 16.5 Å². The van der Waals surface area contributed by atoms with Gasteiger partial charge in [-0.2, -0.15) is 5.26 Å². The van der Waals surface area contributed by atoms with E-state index in [1.54, 1.807) is 28.5 Å². The van der Waals surface area contributed by atoms with Crippen LogP contribution in [0.2, 0.25) is 0 Å². The fourth-order valence-electron chi connectivity index (χ4n) is 9.64. The van der Waals surface area contributed by atoms with E-state index in [9.17, 15) is 24.4 Å². The summed E-state index contributed by atoms with van der Waals surface area (Å²) >= 11 is 2.94. The highest BCUT2D eigenvalue weighted by molar-refractivity contribution is 7.16. The molecule has 2 aliphatic heterocycles. The number of allylic oxidation sites excluding steroid dienone is 1. The topological polar surface area (TPSA) is 250 Å². The molecule has 3 aliphatic rings. The Kier molecular flexibility index (Phi) is 15.9. The Labute approximate surface area is 405 Å². The predicted octanol–water partition coefficient (Wildman–Crippen LogP) is 5.42. The number of hydrogen-bond donors (Lipinski definition) is 5. The van der Waals surface area contributed by atoms with Crippen LogP contribution in [-0.2, 0) is 42.3 Å². The molecular weight excluding hydrogens is 901 g/mol. The number of likely N-dealkylation sites (tertiary alicyclic amines) is 1. The predicted molar refractivity (Wildman–Crippen MR) is 264 cm³/mol. The van der Waals surface area contributed by atoms with Crippen molar-refractivity contribution in [3.63, 3.8) is 0 Å². The maximum atomic E-state index is 13.9. The fraction of sp³-hybridized carbons (Fsp3) is 0.490. The first-order valence-electron chi connectivity index (χ1n) is 23.3. The van der Waals surface area contributed by atoms with Gasteiger partial charge < -0.3 is 41.5 Å². The largest absolute Gasteiger partial charge is 0.479 e. The standard InChI is InChI=1S/C49H62N12O5S2/c1-29(2)40(46(64)61-21-7-10-36(61)45(63)55-26-32-12-14-33(15-13-32)42-31(4)56-28-67-42)37(62)24-39(51)66-23-9-20-59-19-8-22-60(30(3)27-59)48-54-18-16-35(57-48)43(52)58-47(65)49(5)17-6-11-38-41(49)34(25-50)44(53)68-38/h12-16,18,24,28-30,36,40H,6-11,17,19-23,26-27,51,53H2,1-5H3,(H,55,63)(H2,52,58,65)/t30-,36-,40-,49-/m0/s1. The van der Waals surface area contributed by atoms with Gasteiger partial charge in [-0.3, -0.25) is 24.6 Å². The van der Waals surface area contributed by atoms with Crippen LogP contribution in [0.5, 0.6) is 0 Å². The minimum atomic E-state index is -1.01. The molecule has 0 bridgehead atoms. The number of carbonyl (C=O) groups is 4. The van der Waals surface area contributed by atoms with E-state index < -0.39 is 23.2 Å². The molecule has 17 nitrogen and oxygen atoms in total. The molecule has 3 aromatic heterocycles. The summed E-state index contributed by atoms with van der Waals surface area (Å²) in [6, 6.07) is 11.1. The number of carbonyl (C=O) groups excluding carboxylic acids is 4. The lowest BCUT2D eigenvalue weighted by molar-refractivity contribution is -0.146. The summed E-state index contributed by atoms with van der Waals surface area (Å²) in [4.78, 5) is 76.4. The Balaban J connectivity index is 0.868. The van der Waals surface area contributed by atoms with Crippen molar-refractivity contribution >= 4 is 63.0 Å². The van der Waals surface area contributed by atoms with Gasteiger partial charge in [-0.25, -0.2) is 15.0 Å². The van der Waals surface area contributed by atoms with Crippen LogP contribution >= 0.6 is 22.7 Å². The van der Waals surface area contributed by atoms with Crippen molar-refractivity contribution in [2.45, 2.75) is 104 Å². The van der Waals surface area contributed by atoms with Crippen molar-refractivity contribution in [3.05, 3.63) is 87.0 Å². The van der Waals surface area contributed by atoms with E-state index >= 15 is 0 Å². The van der Waals surface area contributed by atoms with Crippen molar-refractivity contribution in [2.75, 3.05) is 50.0 Å². The lowest BCUT2D eigenvalue weighted by atomic mass is 9.72. The van der Waals surface area contributed by atoms with Gasteiger partial charge >= 0.3 is 0 Å². The number of fused-ring (bicyclic) bond motifs is 1.